The van der Waals surface area contributed by atoms with Crippen molar-refractivity contribution in [3.8, 4) is 5.75 Å². The summed E-state index contributed by atoms with van der Waals surface area (Å²) in [5, 5.41) is 3.46. The number of hydrogen-bond donors (Lipinski definition) is 1. The summed E-state index contributed by atoms with van der Waals surface area (Å²) in [5.41, 5.74) is 0.616. The van der Waals surface area contributed by atoms with Gasteiger partial charge in [-0.3, -0.25) is 0 Å². The molecule has 0 bridgehead atoms. The van der Waals surface area contributed by atoms with E-state index in [1.165, 1.54) is 12.5 Å². The van der Waals surface area contributed by atoms with Gasteiger partial charge in [0.15, 0.2) is 0 Å². The molecule has 21 heavy (non-hydrogen) atoms. The van der Waals surface area contributed by atoms with Gasteiger partial charge in [-0.15, -0.1) is 0 Å². The lowest BCUT2D eigenvalue weighted by Gasteiger charge is -2.43. The van der Waals surface area contributed by atoms with Gasteiger partial charge >= 0.3 is 0 Å². The Morgan fingerprint density at radius 2 is 2.10 bits per heavy atom. The predicted octanol–water partition coefficient (Wildman–Crippen LogP) is 3.83. The van der Waals surface area contributed by atoms with Crippen molar-refractivity contribution in [2.45, 2.75) is 50.7 Å². The SMILES string of the molecule is CCCNC(CC1(OC)CCC1)c1ccc(OC)cc1F. The second kappa shape index (κ2) is 7.23. The number of ether oxygens (including phenoxy) is 2. The maximum atomic E-state index is 14.4. The molecule has 0 spiro atoms. The highest BCUT2D eigenvalue weighted by Gasteiger charge is 2.39. The van der Waals surface area contributed by atoms with Crippen LogP contribution in [0.5, 0.6) is 5.75 Å². The largest absolute Gasteiger partial charge is 0.497 e. The Morgan fingerprint density at radius 3 is 2.57 bits per heavy atom. The van der Waals surface area contributed by atoms with Crippen molar-refractivity contribution < 1.29 is 13.9 Å². The molecule has 0 heterocycles. The summed E-state index contributed by atoms with van der Waals surface area (Å²) in [4.78, 5) is 0. The van der Waals surface area contributed by atoms with Crippen molar-refractivity contribution in [1.29, 1.82) is 0 Å². The van der Waals surface area contributed by atoms with Gasteiger partial charge in [0, 0.05) is 24.8 Å². The zero-order chi connectivity index (χ0) is 15.3. The highest BCUT2D eigenvalue weighted by atomic mass is 19.1. The highest BCUT2D eigenvalue weighted by molar-refractivity contribution is 5.31. The van der Waals surface area contributed by atoms with E-state index in [0.717, 1.165) is 32.2 Å². The molecule has 1 saturated carbocycles. The predicted molar refractivity (Wildman–Crippen MR) is 82.2 cm³/mol. The van der Waals surface area contributed by atoms with E-state index in [0.29, 0.717) is 11.3 Å². The Bertz CT molecular complexity index is 455. The van der Waals surface area contributed by atoms with Gasteiger partial charge in [0.2, 0.25) is 0 Å². The lowest BCUT2D eigenvalue weighted by Crippen LogP contribution is -2.43. The topological polar surface area (TPSA) is 30.5 Å². The zero-order valence-corrected chi connectivity index (χ0v) is 13.2. The van der Waals surface area contributed by atoms with Gasteiger partial charge in [0.25, 0.3) is 0 Å². The van der Waals surface area contributed by atoms with Crippen LogP contribution < -0.4 is 10.1 Å². The summed E-state index contributed by atoms with van der Waals surface area (Å²) in [5.74, 6) is 0.337. The fourth-order valence-electron chi connectivity index (χ4n) is 2.96. The number of nitrogens with one attached hydrogen (secondary N) is 1. The van der Waals surface area contributed by atoms with Crippen LogP contribution in [0.3, 0.4) is 0 Å². The van der Waals surface area contributed by atoms with Gasteiger partial charge in [0.1, 0.15) is 11.6 Å². The molecule has 0 saturated heterocycles. The normalized spacial score (nSPS) is 18.1. The fraction of sp³-hybridized carbons (Fsp3) is 0.647. The molecule has 1 aromatic carbocycles. The molecule has 1 aliphatic rings. The third-order valence-corrected chi connectivity index (χ3v) is 4.50. The van der Waals surface area contributed by atoms with Crippen molar-refractivity contribution >= 4 is 0 Å². The van der Waals surface area contributed by atoms with E-state index < -0.39 is 0 Å². The Hall–Kier alpha value is -1.13. The maximum Gasteiger partial charge on any atom is 0.131 e. The molecule has 3 nitrogen and oxygen atoms in total. The third-order valence-electron chi connectivity index (χ3n) is 4.50. The molecule has 0 radical (unpaired) electrons. The maximum absolute atomic E-state index is 14.4. The number of hydrogen-bond acceptors (Lipinski definition) is 3. The molecule has 1 N–H and O–H groups in total. The summed E-state index contributed by atoms with van der Waals surface area (Å²) in [7, 11) is 3.32. The summed E-state index contributed by atoms with van der Waals surface area (Å²) in [6.45, 7) is 2.99. The molecule has 118 valence electrons. The van der Waals surface area contributed by atoms with Crippen LogP contribution in [0.2, 0.25) is 0 Å². The third kappa shape index (κ3) is 3.74. The van der Waals surface area contributed by atoms with Gasteiger partial charge in [-0.2, -0.15) is 0 Å². The lowest BCUT2D eigenvalue weighted by molar-refractivity contribution is -0.0839. The first-order chi connectivity index (χ1) is 10.1. The molecule has 0 amide bonds. The van der Waals surface area contributed by atoms with Crippen molar-refractivity contribution in [3.63, 3.8) is 0 Å². The van der Waals surface area contributed by atoms with Crippen molar-refractivity contribution in [2.75, 3.05) is 20.8 Å². The number of benzene rings is 1. The first-order valence-corrected chi connectivity index (χ1v) is 7.76. The van der Waals surface area contributed by atoms with Gasteiger partial charge in [-0.05, 0) is 44.7 Å². The first kappa shape index (κ1) is 16.2. The molecule has 1 atom stereocenters. The molecule has 2 rings (SSSR count). The lowest BCUT2D eigenvalue weighted by atomic mass is 9.74. The highest BCUT2D eigenvalue weighted by Crippen LogP contribution is 2.42. The Morgan fingerprint density at radius 1 is 1.33 bits per heavy atom. The average Bonchev–Trinajstić information content (AvgIpc) is 2.46. The molecule has 1 aliphatic carbocycles. The van der Waals surface area contributed by atoms with E-state index in [1.54, 1.807) is 14.2 Å². The summed E-state index contributed by atoms with van der Waals surface area (Å²) in [6, 6.07) is 5.08. The fourth-order valence-corrected chi connectivity index (χ4v) is 2.96. The van der Waals surface area contributed by atoms with E-state index in [4.69, 9.17) is 9.47 Å². The minimum Gasteiger partial charge on any atom is -0.497 e. The van der Waals surface area contributed by atoms with Crippen molar-refractivity contribution in [3.05, 3.63) is 29.6 Å². The van der Waals surface area contributed by atoms with E-state index >= 15 is 0 Å². The Labute approximate surface area is 126 Å². The van der Waals surface area contributed by atoms with Gasteiger partial charge in [-0.25, -0.2) is 4.39 Å². The van der Waals surface area contributed by atoms with Crippen LogP contribution in [0, 0.1) is 5.82 Å². The number of halogens is 1. The van der Waals surface area contributed by atoms with Crippen LogP contribution in [-0.2, 0) is 4.74 Å². The molecular weight excluding hydrogens is 269 g/mol. The van der Waals surface area contributed by atoms with Crippen LogP contribution in [-0.4, -0.2) is 26.4 Å². The standard InChI is InChI=1S/C17H26FNO2/c1-4-10-19-16(12-17(21-3)8-5-9-17)14-7-6-13(20-2)11-15(14)18/h6-7,11,16,19H,4-5,8-10,12H2,1-3H3. The van der Waals surface area contributed by atoms with Crippen LogP contribution in [0.1, 0.15) is 50.6 Å². The monoisotopic (exact) mass is 295 g/mol. The van der Waals surface area contributed by atoms with Crippen LogP contribution in [0.25, 0.3) is 0 Å². The van der Waals surface area contributed by atoms with Gasteiger partial charge < -0.3 is 14.8 Å². The van der Waals surface area contributed by atoms with E-state index in [2.05, 4.69) is 12.2 Å². The quantitative estimate of drug-likeness (QED) is 0.790. The second-order valence-electron chi connectivity index (χ2n) is 5.84. The molecule has 1 aromatic rings. The molecule has 1 fully saturated rings. The molecule has 0 aliphatic heterocycles. The Balaban J connectivity index is 2.18. The van der Waals surface area contributed by atoms with E-state index in [-0.39, 0.29) is 17.5 Å². The summed E-state index contributed by atoms with van der Waals surface area (Å²) >= 11 is 0. The smallest absolute Gasteiger partial charge is 0.131 e. The number of methoxy groups -OCH3 is 2. The van der Waals surface area contributed by atoms with E-state index in [9.17, 15) is 4.39 Å². The average molecular weight is 295 g/mol. The van der Waals surface area contributed by atoms with Crippen LogP contribution >= 0.6 is 0 Å². The minimum atomic E-state index is -0.214. The van der Waals surface area contributed by atoms with Gasteiger partial charge in [-0.1, -0.05) is 13.0 Å². The Kier molecular flexibility index (Phi) is 5.59. The van der Waals surface area contributed by atoms with E-state index in [1.807, 2.05) is 12.1 Å². The molecule has 1 unspecified atom stereocenters. The minimum absolute atomic E-state index is 0.0175. The van der Waals surface area contributed by atoms with Gasteiger partial charge in [0.05, 0.1) is 12.7 Å². The summed E-state index contributed by atoms with van der Waals surface area (Å²) < 4.78 is 25.1. The zero-order valence-electron chi connectivity index (χ0n) is 13.2. The summed E-state index contributed by atoms with van der Waals surface area (Å²) in [6.07, 6.45) is 5.15. The van der Waals surface area contributed by atoms with Crippen LogP contribution in [0.15, 0.2) is 18.2 Å². The van der Waals surface area contributed by atoms with Crippen LogP contribution in [0.4, 0.5) is 4.39 Å². The molecular formula is C17H26FNO2. The first-order valence-electron chi connectivity index (χ1n) is 7.76. The van der Waals surface area contributed by atoms with Crippen molar-refractivity contribution in [1.82, 2.24) is 5.32 Å². The number of rotatable bonds is 8. The van der Waals surface area contributed by atoms with Crippen molar-refractivity contribution in [2.24, 2.45) is 0 Å². The molecule has 0 aromatic heterocycles. The second-order valence-corrected chi connectivity index (χ2v) is 5.84. The molecule has 4 heteroatoms.